The Morgan fingerprint density at radius 2 is 1.80 bits per heavy atom. The van der Waals surface area contributed by atoms with Crippen LogP contribution in [0.4, 0.5) is 4.79 Å². The molecule has 1 aliphatic rings. The molecule has 0 radical (unpaired) electrons. The highest BCUT2D eigenvalue weighted by Crippen LogP contribution is 2.19. The number of H-pyrrole nitrogens is 1. The van der Waals surface area contributed by atoms with Crippen molar-refractivity contribution >= 4 is 48.7 Å². The Balaban J connectivity index is 0.00000127. The Kier molecular flexibility index (Phi) is 23.2. The van der Waals surface area contributed by atoms with Gasteiger partial charge in [-0.1, -0.05) is 51.0 Å². The minimum Gasteiger partial charge on any atom is -0.464 e. The number of alkyl carbamates (subject to hydrolysis) is 1. The largest absolute Gasteiger partial charge is 0.464 e. The van der Waals surface area contributed by atoms with Crippen molar-refractivity contribution in [3.8, 4) is 0 Å². The predicted molar refractivity (Wildman–Crippen MR) is 199 cm³/mol. The maximum absolute atomic E-state index is 13.1. The normalized spacial score (nSPS) is 15.6. The van der Waals surface area contributed by atoms with Crippen LogP contribution in [0.5, 0.6) is 0 Å². The first kappa shape index (κ1) is 45.1. The number of unbranched alkanes of at least 4 members (excludes halogenated alkanes) is 3. The van der Waals surface area contributed by atoms with Gasteiger partial charge in [0, 0.05) is 12.5 Å². The molecule has 1 fully saturated rings. The van der Waals surface area contributed by atoms with E-state index in [-0.39, 0.29) is 30.5 Å². The van der Waals surface area contributed by atoms with E-state index >= 15 is 0 Å². The van der Waals surface area contributed by atoms with E-state index in [1.165, 1.54) is 11.1 Å². The molecule has 3 unspecified atom stereocenters. The van der Waals surface area contributed by atoms with Gasteiger partial charge in [-0.05, 0) is 85.6 Å². The molecule has 1 saturated heterocycles. The number of carbonyl (C=O) groups excluding carboxylic acids is 4. The number of nitrogens with one attached hydrogen (secondary N) is 3. The molecule has 0 saturated carbocycles. The highest BCUT2D eigenvalue weighted by molar-refractivity contribution is 7.79. The first-order chi connectivity index (χ1) is 23.3. The fourth-order valence-corrected chi connectivity index (χ4v) is 4.73. The Morgan fingerprint density at radius 1 is 1.12 bits per heavy atom. The quantitative estimate of drug-likeness (QED) is 0.0830. The third-order valence-corrected chi connectivity index (χ3v) is 6.95. The zero-order chi connectivity index (χ0) is 37.4. The summed E-state index contributed by atoms with van der Waals surface area (Å²) < 4.78 is 10.3. The van der Waals surface area contributed by atoms with Crippen molar-refractivity contribution in [2.24, 2.45) is 5.92 Å². The van der Waals surface area contributed by atoms with Gasteiger partial charge in [-0.25, -0.2) is 14.6 Å². The van der Waals surface area contributed by atoms with Crippen molar-refractivity contribution < 1.29 is 28.7 Å². The van der Waals surface area contributed by atoms with Crippen LogP contribution in [0, 0.1) is 5.92 Å². The summed E-state index contributed by atoms with van der Waals surface area (Å²) in [6.45, 7) is 15.1. The molecule has 0 aliphatic carbocycles. The summed E-state index contributed by atoms with van der Waals surface area (Å²) in [7, 11) is 0. The molecule has 13 heteroatoms. The zero-order valence-corrected chi connectivity index (χ0v) is 31.7. The van der Waals surface area contributed by atoms with E-state index < -0.39 is 35.7 Å². The molecule has 0 spiro atoms. The number of thiol groups is 1. The van der Waals surface area contributed by atoms with Gasteiger partial charge in [0.25, 0.3) is 5.56 Å². The number of aromatic amines is 1. The van der Waals surface area contributed by atoms with Crippen molar-refractivity contribution in [1.82, 2.24) is 25.5 Å². The van der Waals surface area contributed by atoms with E-state index in [1.54, 1.807) is 34.0 Å². The summed E-state index contributed by atoms with van der Waals surface area (Å²) in [5.74, 6) is -1.53. The number of rotatable bonds is 14. The Bertz CT molecular complexity index is 1300. The molecule has 1 aromatic heterocycles. The van der Waals surface area contributed by atoms with E-state index in [1.807, 2.05) is 57.2 Å². The van der Waals surface area contributed by atoms with Crippen LogP contribution in [0.25, 0.3) is 12.2 Å². The van der Waals surface area contributed by atoms with Gasteiger partial charge in [0.05, 0.1) is 24.2 Å². The Labute approximate surface area is 298 Å². The highest BCUT2D eigenvalue weighted by atomic mass is 32.1. The van der Waals surface area contributed by atoms with Crippen molar-refractivity contribution in [2.45, 2.75) is 112 Å². The van der Waals surface area contributed by atoms with Crippen LogP contribution in [-0.4, -0.2) is 82.4 Å². The molecule has 0 aromatic carbocycles. The monoisotopic (exact) mass is 705 g/mol. The molecule has 1 aromatic rings. The highest BCUT2D eigenvalue weighted by Gasteiger charge is 2.37. The smallest absolute Gasteiger partial charge is 0.408 e. The van der Waals surface area contributed by atoms with Gasteiger partial charge in [0.1, 0.15) is 24.2 Å². The molecule has 1 aliphatic heterocycles. The maximum atomic E-state index is 13.1. The van der Waals surface area contributed by atoms with E-state index in [2.05, 4.69) is 40.2 Å². The third kappa shape index (κ3) is 18.5. The Hall–Kier alpha value is -3.87. The van der Waals surface area contributed by atoms with E-state index in [9.17, 15) is 24.0 Å². The van der Waals surface area contributed by atoms with Gasteiger partial charge in [0.15, 0.2) is 0 Å². The summed E-state index contributed by atoms with van der Waals surface area (Å²) in [4.78, 5) is 69.3. The number of hydrogen-bond donors (Lipinski definition) is 4. The second-order valence-electron chi connectivity index (χ2n) is 12.2. The van der Waals surface area contributed by atoms with Gasteiger partial charge in [-0.3, -0.25) is 14.4 Å². The Morgan fingerprint density at radius 3 is 2.39 bits per heavy atom. The summed E-state index contributed by atoms with van der Waals surface area (Å²) in [5, 5.41) is 5.25. The van der Waals surface area contributed by atoms with Crippen molar-refractivity contribution in [3.63, 3.8) is 0 Å². The number of hydrogen-bond acceptors (Lipinski definition) is 9. The maximum Gasteiger partial charge on any atom is 0.408 e. The lowest BCUT2D eigenvalue weighted by molar-refractivity contribution is -0.149. The predicted octanol–water partition coefficient (Wildman–Crippen LogP) is 5.70. The second-order valence-corrected chi connectivity index (χ2v) is 12.2. The molecule has 12 nitrogen and oxygen atoms in total. The first-order valence-electron chi connectivity index (χ1n) is 17.0. The standard InChI is InChI=1S/C25H43N3O6.C10H12N2O.CH4S/c1-7-9-10-11-12-14-18(3)21(23(31)33-8-2)27-22(30)19-15-13-16-28(19)20(29)17-26-24(32)34-25(4,5)6;1-3-5-8-9(6-4-2)12-10(13)7-11-8;1-2/h12,14,18-19,21H,7-11,13,15-17H2,1-6H3,(H,26,32)(H,27,30);3-7H,1-2H3,(H,12,13);2H,1H3/b14-12-;5-3-,6-4-;. The number of carbonyl (C=O) groups is 4. The number of ether oxygens (including phenoxy) is 2. The van der Waals surface area contributed by atoms with Crippen molar-refractivity contribution in [1.29, 1.82) is 0 Å². The van der Waals surface area contributed by atoms with Gasteiger partial charge in [-0.15, -0.1) is 0 Å². The lowest BCUT2D eigenvalue weighted by atomic mass is 9.99. The lowest BCUT2D eigenvalue weighted by Gasteiger charge is -2.28. The van der Waals surface area contributed by atoms with Crippen LogP contribution in [0.15, 0.2) is 35.3 Å². The number of esters is 1. The molecule has 2 rings (SSSR count). The molecule has 3 amide bonds. The van der Waals surface area contributed by atoms with Crippen LogP contribution in [0.3, 0.4) is 0 Å². The lowest BCUT2D eigenvalue weighted by Crippen LogP contribution is -2.54. The molecule has 3 atom stereocenters. The molecular formula is C36H59N5O7S. The topological polar surface area (TPSA) is 160 Å². The molecule has 49 heavy (non-hydrogen) atoms. The van der Waals surface area contributed by atoms with Crippen LogP contribution in [0.2, 0.25) is 0 Å². The van der Waals surface area contributed by atoms with Crippen LogP contribution in [0.1, 0.15) is 105 Å². The second kappa shape index (κ2) is 25.2. The van der Waals surface area contributed by atoms with Crippen LogP contribution >= 0.6 is 12.6 Å². The number of nitrogens with zero attached hydrogens (tertiary/aromatic N) is 2. The van der Waals surface area contributed by atoms with Crippen molar-refractivity contribution in [3.05, 3.63) is 52.2 Å². The first-order valence-corrected chi connectivity index (χ1v) is 17.9. The molecular weight excluding hydrogens is 646 g/mol. The number of allylic oxidation sites excluding steroid dienone is 3. The zero-order valence-electron chi connectivity index (χ0n) is 30.8. The summed E-state index contributed by atoms with van der Waals surface area (Å²) in [5.41, 5.74) is 0.668. The van der Waals surface area contributed by atoms with Crippen molar-refractivity contribution in [2.75, 3.05) is 26.0 Å². The van der Waals surface area contributed by atoms with Gasteiger partial charge < -0.3 is 30.0 Å². The van der Waals surface area contributed by atoms with Gasteiger partial charge in [-0.2, -0.15) is 12.6 Å². The molecule has 3 N–H and O–H groups in total. The SMILES string of the molecule is C/C=C\c1ncc(=O)[nH]c1/C=C\C.CCCCC/C=C\C(C)C(NC(=O)C1CCCN1C(=O)CNC(=O)OC(C)(C)C)C(=O)OCC.CS. The van der Waals surface area contributed by atoms with E-state index in [4.69, 9.17) is 9.47 Å². The fourth-order valence-electron chi connectivity index (χ4n) is 4.73. The molecule has 276 valence electrons. The average Bonchev–Trinajstić information content (AvgIpc) is 3.55. The number of amides is 3. The van der Waals surface area contributed by atoms with Crippen LogP contribution in [-0.2, 0) is 23.9 Å². The molecule has 0 bridgehead atoms. The molecule has 2 heterocycles. The minimum absolute atomic E-state index is 0.179. The minimum atomic E-state index is -0.840. The summed E-state index contributed by atoms with van der Waals surface area (Å²) in [6, 6.07) is -1.54. The third-order valence-electron chi connectivity index (χ3n) is 6.95. The van der Waals surface area contributed by atoms with E-state index in [0.29, 0.717) is 19.4 Å². The number of aromatic nitrogens is 2. The average molecular weight is 706 g/mol. The summed E-state index contributed by atoms with van der Waals surface area (Å²) in [6.07, 6.45) is 19.1. The number of likely N-dealkylation sites (tertiary alicyclic amines) is 1. The van der Waals surface area contributed by atoms with Gasteiger partial charge >= 0.3 is 12.1 Å². The summed E-state index contributed by atoms with van der Waals surface area (Å²) >= 11 is 3.53. The fraction of sp³-hybridized carbons (Fsp3) is 0.611. The van der Waals surface area contributed by atoms with E-state index in [0.717, 1.165) is 37.1 Å². The van der Waals surface area contributed by atoms with Gasteiger partial charge in [0.2, 0.25) is 11.8 Å². The van der Waals surface area contributed by atoms with Crippen LogP contribution < -0.4 is 16.2 Å².